The number of benzene rings is 1. The summed E-state index contributed by atoms with van der Waals surface area (Å²) in [5.74, 6) is -1.12. The van der Waals surface area contributed by atoms with Gasteiger partial charge in [0, 0.05) is 12.7 Å². The molecule has 0 atom stereocenters. The first-order valence-corrected chi connectivity index (χ1v) is 6.55. The van der Waals surface area contributed by atoms with Crippen molar-refractivity contribution in [3.8, 4) is 0 Å². The maximum Gasteiger partial charge on any atom is 0.421 e. The highest BCUT2D eigenvalue weighted by Gasteiger charge is 2.34. The van der Waals surface area contributed by atoms with Crippen molar-refractivity contribution < 1.29 is 22.4 Å². The molecule has 0 saturated heterocycles. The molecule has 0 saturated carbocycles. The number of hydrogen-bond donors (Lipinski definition) is 1. The Balaban J connectivity index is 2.05. The van der Waals surface area contributed by atoms with Crippen LogP contribution in [0.15, 0.2) is 47.4 Å². The van der Waals surface area contributed by atoms with Gasteiger partial charge in [-0.2, -0.15) is 13.2 Å². The number of carbonyl (C=O) groups excluding carboxylic acids is 1. The normalized spacial score (nSPS) is 11.3. The van der Waals surface area contributed by atoms with Gasteiger partial charge in [-0.1, -0.05) is 12.1 Å². The third kappa shape index (κ3) is 4.41. The maximum atomic E-state index is 13.0. The quantitative estimate of drug-likeness (QED) is 0.876. The number of pyridine rings is 1. The Labute approximate surface area is 128 Å². The molecule has 1 amide bonds. The molecule has 0 spiro atoms. The first-order valence-electron chi connectivity index (χ1n) is 6.55. The van der Waals surface area contributed by atoms with Gasteiger partial charge in [-0.25, -0.2) is 4.39 Å². The van der Waals surface area contributed by atoms with E-state index in [-0.39, 0.29) is 6.54 Å². The fourth-order valence-corrected chi connectivity index (χ4v) is 1.94. The number of amides is 1. The van der Waals surface area contributed by atoms with E-state index in [1.54, 1.807) is 6.07 Å². The number of rotatable bonds is 4. The number of halogens is 4. The van der Waals surface area contributed by atoms with Crippen molar-refractivity contribution in [1.82, 2.24) is 9.88 Å². The molecule has 0 aliphatic rings. The Morgan fingerprint density at radius 3 is 2.57 bits per heavy atom. The second-order valence-corrected chi connectivity index (χ2v) is 4.76. The molecule has 1 N–H and O–H groups in total. The summed E-state index contributed by atoms with van der Waals surface area (Å²) >= 11 is 0. The smallest absolute Gasteiger partial charge is 0.350 e. The van der Waals surface area contributed by atoms with Crippen LogP contribution in [-0.4, -0.2) is 10.5 Å². The summed E-state index contributed by atoms with van der Waals surface area (Å²) in [4.78, 5) is 23.4. The summed E-state index contributed by atoms with van der Waals surface area (Å²) in [5.41, 5.74) is -2.13. The highest BCUT2D eigenvalue weighted by Crippen LogP contribution is 2.25. The van der Waals surface area contributed by atoms with Crippen molar-refractivity contribution in [1.29, 1.82) is 0 Å². The standard InChI is InChI=1S/C15H12F4N2O2/c16-11-4-1-3-10(7-11)8-20-13(22)9-21-6-2-5-12(14(21)23)15(17,18)19/h1-7H,8-9H2,(H,20,22). The number of hydrogen-bond acceptors (Lipinski definition) is 2. The minimum atomic E-state index is -4.78. The minimum Gasteiger partial charge on any atom is -0.350 e. The van der Waals surface area contributed by atoms with Crippen molar-refractivity contribution in [3.63, 3.8) is 0 Å². The van der Waals surface area contributed by atoms with Crippen LogP contribution in [-0.2, 0) is 24.1 Å². The number of nitrogens with zero attached hydrogens (tertiary/aromatic N) is 1. The monoisotopic (exact) mass is 328 g/mol. The Bertz CT molecular complexity index is 769. The first-order chi connectivity index (χ1) is 10.8. The lowest BCUT2D eigenvalue weighted by Gasteiger charge is -2.10. The van der Waals surface area contributed by atoms with Gasteiger partial charge in [0.1, 0.15) is 17.9 Å². The Morgan fingerprint density at radius 1 is 1.17 bits per heavy atom. The van der Waals surface area contributed by atoms with Crippen LogP contribution in [0.2, 0.25) is 0 Å². The second kappa shape index (κ2) is 6.64. The van der Waals surface area contributed by atoms with Gasteiger partial charge < -0.3 is 9.88 Å². The molecule has 1 aromatic heterocycles. The van der Waals surface area contributed by atoms with E-state index in [4.69, 9.17) is 0 Å². The average Bonchev–Trinajstić information content (AvgIpc) is 2.46. The van der Waals surface area contributed by atoms with Crippen LogP contribution in [0.5, 0.6) is 0 Å². The third-order valence-corrected chi connectivity index (χ3v) is 3.02. The zero-order chi connectivity index (χ0) is 17.0. The van der Waals surface area contributed by atoms with E-state index in [1.165, 1.54) is 18.2 Å². The summed E-state index contributed by atoms with van der Waals surface area (Å²) in [6.07, 6.45) is -3.68. The molecular weight excluding hydrogens is 316 g/mol. The van der Waals surface area contributed by atoms with E-state index in [2.05, 4.69) is 5.32 Å². The van der Waals surface area contributed by atoms with E-state index in [1.807, 2.05) is 0 Å². The highest BCUT2D eigenvalue weighted by atomic mass is 19.4. The second-order valence-electron chi connectivity index (χ2n) is 4.76. The van der Waals surface area contributed by atoms with Gasteiger partial charge in [0.15, 0.2) is 0 Å². The van der Waals surface area contributed by atoms with E-state index in [0.717, 1.165) is 12.3 Å². The van der Waals surface area contributed by atoms with Gasteiger partial charge in [0.25, 0.3) is 5.56 Å². The number of alkyl halides is 3. The number of aromatic nitrogens is 1. The third-order valence-electron chi connectivity index (χ3n) is 3.02. The van der Waals surface area contributed by atoms with Crippen molar-refractivity contribution in [2.75, 3.05) is 0 Å². The molecule has 122 valence electrons. The molecule has 0 unspecified atom stereocenters. The molecule has 0 aliphatic carbocycles. The molecule has 1 heterocycles. The average molecular weight is 328 g/mol. The Morgan fingerprint density at radius 2 is 1.91 bits per heavy atom. The molecule has 2 rings (SSSR count). The van der Waals surface area contributed by atoms with Crippen molar-refractivity contribution >= 4 is 5.91 Å². The lowest BCUT2D eigenvalue weighted by Crippen LogP contribution is -2.34. The van der Waals surface area contributed by atoms with Crippen LogP contribution in [0.1, 0.15) is 11.1 Å². The van der Waals surface area contributed by atoms with E-state index >= 15 is 0 Å². The number of carbonyl (C=O) groups is 1. The summed E-state index contributed by atoms with van der Waals surface area (Å²) in [6.45, 7) is -0.553. The highest BCUT2D eigenvalue weighted by molar-refractivity contribution is 5.75. The van der Waals surface area contributed by atoms with Crippen LogP contribution in [0, 0.1) is 5.82 Å². The maximum absolute atomic E-state index is 13.0. The van der Waals surface area contributed by atoms with Gasteiger partial charge in [-0.15, -0.1) is 0 Å². The lowest BCUT2D eigenvalue weighted by atomic mass is 10.2. The summed E-state index contributed by atoms with van der Waals surface area (Å²) in [7, 11) is 0. The lowest BCUT2D eigenvalue weighted by molar-refractivity contribution is -0.139. The zero-order valence-corrected chi connectivity index (χ0v) is 11.7. The minimum absolute atomic E-state index is 0.00427. The van der Waals surface area contributed by atoms with E-state index in [9.17, 15) is 27.2 Å². The van der Waals surface area contributed by atoms with Crippen molar-refractivity contribution in [3.05, 3.63) is 69.9 Å². The molecular formula is C15H12F4N2O2. The molecule has 0 bridgehead atoms. The van der Waals surface area contributed by atoms with Crippen LogP contribution >= 0.6 is 0 Å². The first kappa shape index (κ1) is 16.7. The molecule has 0 radical (unpaired) electrons. The predicted molar refractivity (Wildman–Crippen MR) is 74.0 cm³/mol. The van der Waals surface area contributed by atoms with Gasteiger partial charge in [-0.05, 0) is 29.8 Å². The van der Waals surface area contributed by atoms with Crippen LogP contribution in [0.4, 0.5) is 17.6 Å². The fourth-order valence-electron chi connectivity index (χ4n) is 1.94. The van der Waals surface area contributed by atoms with Gasteiger partial charge in [-0.3, -0.25) is 9.59 Å². The topological polar surface area (TPSA) is 51.1 Å². The summed E-state index contributed by atoms with van der Waals surface area (Å²) in [6, 6.07) is 7.21. The van der Waals surface area contributed by atoms with Gasteiger partial charge in [0.05, 0.1) is 0 Å². The predicted octanol–water partition coefficient (Wildman–Crippen LogP) is 2.32. The summed E-state index contributed by atoms with van der Waals surface area (Å²) < 4.78 is 51.5. The summed E-state index contributed by atoms with van der Waals surface area (Å²) in [5, 5.41) is 2.41. The Hall–Kier alpha value is -2.64. The van der Waals surface area contributed by atoms with Gasteiger partial charge >= 0.3 is 6.18 Å². The number of nitrogens with one attached hydrogen (secondary N) is 1. The molecule has 0 fully saturated rings. The molecule has 2 aromatic rings. The van der Waals surface area contributed by atoms with Crippen molar-refractivity contribution in [2.24, 2.45) is 0 Å². The molecule has 23 heavy (non-hydrogen) atoms. The van der Waals surface area contributed by atoms with Crippen LogP contribution in [0.25, 0.3) is 0 Å². The van der Waals surface area contributed by atoms with Gasteiger partial charge in [0.2, 0.25) is 5.91 Å². The zero-order valence-electron chi connectivity index (χ0n) is 11.7. The molecule has 8 heteroatoms. The van der Waals surface area contributed by atoms with Crippen LogP contribution in [0.3, 0.4) is 0 Å². The molecule has 1 aromatic carbocycles. The van der Waals surface area contributed by atoms with E-state index in [0.29, 0.717) is 16.2 Å². The van der Waals surface area contributed by atoms with Crippen LogP contribution < -0.4 is 10.9 Å². The Kier molecular flexibility index (Phi) is 4.83. The SMILES string of the molecule is O=C(Cn1cccc(C(F)(F)F)c1=O)NCc1cccc(F)c1. The van der Waals surface area contributed by atoms with Crippen molar-refractivity contribution in [2.45, 2.75) is 19.3 Å². The molecule has 0 aliphatic heterocycles. The van der Waals surface area contributed by atoms with E-state index < -0.39 is 35.6 Å². The fraction of sp³-hybridized carbons (Fsp3) is 0.200. The molecule has 4 nitrogen and oxygen atoms in total. The largest absolute Gasteiger partial charge is 0.421 e.